The Labute approximate surface area is 114 Å². The van der Waals surface area contributed by atoms with Crippen molar-refractivity contribution in [3.8, 4) is 17.0 Å². The van der Waals surface area contributed by atoms with E-state index < -0.39 is 0 Å². The predicted octanol–water partition coefficient (Wildman–Crippen LogP) is 2.64. The quantitative estimate of drug-likeness (QED) is 0.780. The average molecular weight is 275 g/mol. The Balaban J connectivity index is 2.19. The minimum atomic E-state index is 0.397. The van der Waals surface area contributed by atoms with E-state index in [9.17, 15) is 0 Å². The van der Waals surface area contributed by atoms with Crippen molar-refractivity contribution in [1.29, 1.82) is 0 Å². The van der Waals surface area contributed by atoms with Crippen LogP contribution in [-0.2, 0) is 0 Å². The maximum Gasteiger partial charge on any atom is 0.180 e. The monoisotopic (exact) mass is 274 g/mol. The first kappa shape index (κ1) is 11.8. The van der Waals surface area contributed by atoms with E-state index in [4.69, 9.17) is 22.1 Å². The number of nitrogen functional groups attached to an aromatic ring is 1. The van der Waals surface area contributed by atoms with E-state index in [-0.39, 0.29) is 0 Å². The first-order chi connectivity index (χ1) is 9.20. The molecule has 0 saturated heterocycles. The number of hydrogen-bond donors (Lipinski definition) is 1. The zero-order valence-electron chi connectivity index (χ0n) is 10.2. The number of fused-ring (bicyclic) bond motifs is 1. The zero-order chi connectivity index (χ0) is 13.4. The maximum atomic E-state index is 6.14. The van der Waals surface area contributed by atoms with Crippen molar-refractivity contribution in [2.45, 2.75) is 0 Å². The molecule has 96 valence electrons. The number of halogens is 1. The van der Waals surface area contributed by atoms with Gasteiger partial charge in [-0.25, -0.2) is 9.97 Å². The van der Waals surface area contributed by atoms with Gasteiger partial charge in [-0.3, -0.25) is 4.40 Å². The molecule has 0 bridgehead atoms. The molecule has 0 saturated carbocycles. The van der Waals surface area contributed by atoms with Gasteiger partial charge in [0.2, 0.25) is 0 Å². The fourth-order valence-corrected chi connectivity index (χ4v) is 2.24. The lowest BCUT2D eigenvalue weighted by molar-refractivity contribution is 0.415. The van der Waals surface area contributed by atoms with Gasteiger partial charge in [0.1, 0.15) is 5.75 Å². The molecular formula is C13H11ClN4O. The molecule has 0 aliphatic heterocycles. The Morgan fingerprint density at radius 3 is 2.89 bits per heavy atom. The number of rotatable bonds is 2. The first-order valence-corrected chi connectivity index (χ1v) is 6.00. The molecule has 5 nitrogen and oxygen atoms in total. The van der Waals surface area contributed by atoms with Gasteiger partial charge in [-0.1, -0.05) is 11.6 Å². The third-order valence-corrected chi connectivity index (χ3v) is 3.20. The van der Waals surface area contributed by atoms with Gasteiger partial charge in [-0.2, -0.15) is 0 Å². The summed E-state index contributed by atoms with van der Waals surface area (Å²) in [5.41, 5.74) is 8.24. The van der Waals surface area contributed by atoms with Gasteiger partial charge < -0.3 is 10.5 Å². The molecule has 2 heterocycles. The fraction of sp³-hybridized carbons (Fsp3) is 0.0769. The number of benzene rings is 1. The highest BCUT2D eigenvalue weighted by Crippen LogP contribution is 2.30. The van der Waals surface area contributed by atoms with Crippen LogP contribution in [0.5, 0.6) is 5.75 Å². The lowest BCUT2D eigenvalue weighted by Gasteiger charge is -2.06. The van der Waals surface area contributed by atoms with E-state index >= 15 is 0 Å². The number of nitrogens with zero attached hydrogens (tertiary/aromatic N) is 3. The number of methoxy groups -OCH3 is 1. The predicted molar refractivity (Wildman–Crippen MR) is 74.4 cm³/mol. The van der Waals surface area contributed by atoms with Crippen molar-refractivity contribution in [2.75, 3.05) is 12.8 Å². The van der Waals surface area contributed by atoms with Gasteiger partial charge in [0.15, 0.2) is 11.5 Å². The minimum Gasteiger partial charge on any atom is -0.495 e. The maximum absolute atomic E-state index is 6.14. The van der Waals surface area contributed by atoms with Crippen LogP contribution in [0.4, 0.5) is 5.82 Å². The summed E-state index contributed by atoms with van der Waals surface area (Å²) in [4.78, 5) is 8.28. The molecule has 2 aromatic heterocycles. The molecule has 0 aliphatic carbocycles. The lowest BCUT2D eigenvalue weighted by atomic mass is 10.1. The summed E-state index contributed by atoms with van der Waals surface area (Å²) in [6, 6.07) is 5.58. The van der Waals surface area contributed by atoms with E-state index in [1.54, 1.807) is 19.5 Å². The van der Waals surface area contributed by atoms with Crippen molar-refractivity contribution >= 4 is 23.1 Å². The van der Waals surface area contributed by atoms with E-state index in [2.05, 4.69) is 9.97 Å². The van der Waals surface area contributed by atoms with Crippen LogP contribution in [0.25, 0.3) is 16.9 Å². The molecule has 0 amide bonds. The standard InChI is InChI=1S/C13H11ClN4O/c1-19-11-3-2-8(6-9(11)14)10-7-17-13-12(15)16-4-5-18(10)13/h2-7H,1H3,(H2,15,16). The Morgan fingerprint density at radius 2 is 2.16 bits per heavy atom. The molecule has 0 fully saturated rings. The largest absolute Gasteiger partial charge is 0.495 e. The SMILES string of the molecule is COc1ccc(-c2cnc3c(N)nccn23)cc1Cl. The second kappa shape index (κ2) is 4.44. The van der Waals surface area contributed by atoms with Crippen molar-refractivity contribution in [3.63, 3.8) is 0 Å². The van der Waals surface area contributed by atoms with Gasteiger partial charge in [0.25, 0.3) is 0 Å². The van der Waals surface area contributed by atoms with E-state index in [1.165, 1.54) is 0 Å². The molecule has 0 atom stereocenters. The molecule has 0 aliphatic rings. The number of imidazole rings is 1. The van der Waals surface area contributed by atoms with Crippen LogP contribution >= 0.6 is 11.6 Å². The summed E-state index contributed by atoms with van der Waals surface area (Å²) in [5, 5.41) is 0.553. The van der Waals surface area contributed by atoms with Crippen molar-refractivity contribution in [2.24, 2.45) is 0 Å². The second-order valence-electron chi connectivity index (χ2n) is 4.00. The lowest BCUT2D eigenvalue weighted by Crippen LogP contribution is -1.96. The van der Waals surface area contributed by atoms with E-state index in [0.29, 0.717) is 22.2 Å². The molecule has 6 heteroatoms. The molecule has 0 radical (unpaired) electrons. The van der Waals surface area contributed by atoms with Crippen LogP contribution in [0, 0.1) is 0 Å². The summed E-state index contributed by atoms with van der Waals surface area (Å²) in [5.74, 6) is 1.04. The smallest absolute Gasteiger partial charge is 0.180 e. The average Bonchev–Trinajstić information content (AvgIpc) is 2.84. The number of ether oxygens (including phenoxy) is 1. The Hall–Kier alpha value is -2.27. The Kier molecular flexibility index (Phi) is 2.76. The van der Waals surface area contributed by atoms with Gasteiger partial charge in [0.05, 0.1) is 24.0 Å². The van der Waals surface area contributed by atoms with Crippen LogP contribution < -0.4 is 10.5 Å². The minimum absolute atomic E-state index is 0.397. The fourth-order valence-electron chi connectivity index (χ4n) is 1.98. The van der Waals surface area contributed by atoms with Crippen LogP contribution in [0.2, 0.25) is 5.02 Å². The Morgan fingerprint density at radius 1 is 1.32 bits per heavy atom. The highest BCUT2D eigenvalue weighted by molar-refractivity contribution is 6.32. The summed E-state index contributed by atoms with van der Waals surface area (Å²) < 4.78 is 7.02. The summed E-state index contributed by atoms with van der Waals surface area (Å²) in [6.07, 6.45) is 5.19. The van der Waals surface area contributed by atoms with Crippen molar-refractivity contribution in [1.82, 2.24) is 14.4 Å². The van der Waals surface area contributed by atoms with Crippen LogP contribution in [-0.4, -0.2) is 21.5 Å². The molecule has 3 aromatic rings. The summed E-state index contributed by atoms with van der Waals surface area (Å²) in [6.45, 7) is 0. The van der Waals surface area contributed by atoms with Crippen LogP contribution in [0.15, 0.2) is 36.8 Å². The van der Waals surface area contributed by atoms with Crippen molar-refractivity contribution < 1.29 is 4.74 Å². The Bertz CT molecular complexity index is 753. The van der Waals surface area contributed by atoms with E-state index in [0.717, 1.165) is 11.3 Å². The number of aromatic nitrogens is 3. The first-order valence-electron chi connectivity index (χ1n) is 5.62. The third kappa shape index (κ3) is 1.88. The van der Waals surface area contributed by atoms with Crippen LogP contribution in [0.3, 0.4) is 0 Å². The molecular weight excluding hydrogens is 264 g/mol. The number of nitrogens with two attached hydrogens (primary N) is 1. The topological polar surface area (TPSA) is 65.4 Å². The number of hydrogen-bond acceptors (Lipinski definition) is 4. The molecule has 0 spiro atoms. The van der Waals surface area contributed by atoms with Crippen LogP contribution in [0.1, 0.15) is 0 Å². The third-order valence-electron chi connectivity index (χ3n) is 2.90. The van der Waals surface area contributed by atoms with Gasteiger partial charge in [-0.15, -0.1) is 0 Å². The summed E-state index contributed by atoms with van der Waals surface area (Å²) >= 11 is 6.14. The zero-order valence-corrected chi connectivity index (χ0v) is 10.9. The molecule has 19 heavy (non-hydrogen) atoms. The summed E-state index contributed by atoms with van der Waals surface area (Å²) in [7, 11) is 1.58. The van der Waals surface area contributed by atoms with Gasteiger partial charge in [0, 0.05) is 18.0 Å². The van der Waals surface area contributed by atoms with Gasteiger partial charge >= 0.3 is 0 Å². The molecule has 3 rings (SSSR count). The number of anilines is 1. The molecule has 2 N–H and O–H groups in total. The molecule has 0 unspecified atom stereocenters. The highest BCUT2D eigenvalue weighted by atomic mass is 35.5. The van der Waals surface area contributed by atoms with Crippen molar-refractivity contribution in [3.05, 3.63) is 41.8 Å². The normalized spacial score (nSPS) is 10.8. The highest BCUT2D eigenvalue weighted by Gasteiger charge is 2.10. The van der Waals surface area contributed by atoms with E-state index in [1.807, 2.05) is 28.8 Å². The molecule has 1 aromatic carbocycles. The second-order valence-corrected chi connectivity index (χ2v) is 4.41. The van der Waals surface area contributed by atoms with Gasteiger partial charge in [-0.05, 0) is 18.2 Å².